The second kappa shape index (κ2) is 5.15. The third-order valence-electron chi connectivity index (χ3n) is 3.71. The lowest BCUT2D eigenvalue weighted by Gasteiger charge is -2.26. The number of aliphatic imine (C=N–C) groups is 1. The number of nitrogens with zero attached hydrogens (tertiary/aromatic N) is 3. The molecule has 0 bridgehead atoms. The molecule has 0 fully saturated rings. The van der Waals surface area contributed by atoms with Crippen molar-refractivity contribution in [1.82, 2.24) is 4.90 Å². The van der Waals surface area contributed by atoms with E-state index in [2.05, 4.69) is 4.99 Å². The molecule has 2 atom stereocenters. The summed E-state index contributed by atoms with van der Waals surface area (Å²) in [6, 6.07) is 5.94. The molecular weight excluding hydrogens is 282 g/mol. The quantitative estimate of drug-likeness (QED) is 0.841. The highest BCUT2D eigenvalue weighted by molar-refractivity contribution is 7.87. The van der Waals surface area contributed by atoms with Crippen molar-refractivity contribution in [2.24, 2.45) is 4.99 Å². The zero-order valence-corrected chi connectivity index (χ0v) is 13.5. The van der Waals surface area contributed by atoms with E-state index in [1.165, 1.54) is 0 Å². The van der Waals surface area contributed by atoms with E-state index in [-0.39, 0.29) is 5.25 Å². The summed E-state index contributed by atoms with van der Waals surface area (Å²) in [4.78, 5) is 9.52. The highest BCUT2D eigenvalue weighted by atomic mass is 32.2. The summed E-state index contributed by atoms with van der Waals surface area (Å²) in [6.07, 6.45) is 6.03. The number of rotatable bonds is 2. The van der Waals surface area contributed by atoms with Crippen LogP contribution in [0.25, 0.3) is 0 Å². The standard InChI is InChI=1S/C16H19N3OS/c1-18(2)11-5-7-13-15(9-11)21(20)16-10-12(19(3)4)6-8-14(16)17-13/h5-10,15H,1-4H3. The van der Waals surface area contributed by atoms with Gasteiger partial charge >= 0.3 is 0 Å². The Morgan fingerprint density at radius 1 is 1.10 bits per heavy atom. The number of hydrogen-bond acceptors (Lipinski definition) is 4. The van der Waals surface area contributed by atoms with Crippen molar-refractivity contribution in [1.29, 1.82) is 0 Å². The first-order chi connectivity index (χ1) is 9.97. The van der Waals surface area contributed by atoms with E-state index < -0.39 is 10.8 Å². The number of hydrogen-bond donors (Lipinski definition) is 0. The Morgan fingerprint density at radius 2 is 1.86 bits per heavy atom. The van der Waals surface area contributed by atoms with Crippen molar-refractivity contribution < 1.29 is 4.21 Å². The number of benzene rings is 1. The maximum Gasteiger partial charge on any atom is 0.102 e. The Balaban J connectivity index is 2.08. The fourth-order valence-electron chi connectivity index (χ4n) is 2.44. The normalized spacial score (nSPS) is 22.9. The molecule has 0 saturated heterocycles. The third-order valence-corrected chi connectivity index (χ3v) is 5.31. The molecule has 21 heavy (non-hydrogen) atoms. The molecule has 1 heterocycles. The fraction of sp³-hybridized carbons (Fsp3) is 0.312. The fourth-order valence-corrected chi connectivity index (χ4v) is 3.89. The Kier molecular flexibility index (Phi) is 3.45. The van der Waals surface area contributed by atoms with Gasteiger partial charge in [0.15, 0.2) is 0 Å². The topological polar surface area (TPSA) is 35.9 Å². The second-order valence-electron chi connectivity index (χ2n) is 5.62. The first-order valence-electron chi connectivity index (χ1n) is 6.85. The molecule has 0 radical (unpaired) electrons. The van der Waals surface area contributed by atoms with Crippen LogP contribution in [0.15, 0.2) is 52.0 Å². The lowest BCUT2D eigenvalue weighted by atomic mass is 10.1. The first kappa shape index (κ1) is 14.1. The van der Waals surface area contributed by atoms with E-state index in [1.54, 1.807) is 0 Å². The minimum absolute atomic E-state index is 0.155. The van der Waals surface area contributed by atoms with Gasteiger partial charge in [-0.25, -0.2) is 0 Å². The van der Waals surface area contributed by atoms with Gasteiger partial charge in [0.2, 0.25) is 0 Å². The SMILES string of the molecule is CN(C)C1=CC2C(=Nc3ccc(N(C)C)cc3S2=O)C=C1. The maximum absolute atomic E-state index is 12.9. The van der Waals surface area contributed by atoms with Crippen molar-refractivity contribution in [3.63, 3.8) is 0 Å². The molecule has 0 saturated carbocycles. The lowest BCUT2D eigenvalue weighted by Crippen LogP contribution is -2.30. The van der Waals surface area contributed by atoms with E-state index in [0.717, 1.165) is 27.7 Å². The van der Waals surface area contributed by atoms with Gasteiger partial charge in [-0.2, -0.15) is 0 Å². The highest BCUT2D eigenvalue weighted by Gasteiger charge is 2.30. The van der Waals surface area contributed by atoms with Crippen LogP contribution in [-0.2, 0) is 10.8 Å². The maximum atomic E-state index is 12.9. The Morgan fingerprint density at radius 3 is 2.52 bits per heavy atom. The first-order valence-corrected chi connectivity index (χ1v) is 8.06. The number of allylic oxidation sites excluding steroid dienone is 2. The van der Waals surface area contributed by atoms with Crippen molar-refractivity contribution >= 4 is 27.9 Å². The molecule has 2 unspecified atom stereocenters. The van der Waals surface area contributed by atoms with E-state index in [0.29, 0.717) is 0 Å². The van der Waals surface area contributed by atoms with Gasteiger partial charge in [-0.1, -0.05) is 0 Å². The molecule has 5 heteroatoms. The van der Waals surface area contributed by atoms with Crippen LogP contribution in [0.4, 0.5) is 11.4 Å². The Hall–Kier alpha value is -1.88. The van der Waals surface area contributed by atoms with Gasteiger partial charge in [0.25, 0.3) is 0 Å². The summed E-state index contributed by atoms with van der Waals surface area (Å²) >= 11 is 0. The van der Waals surface area contributed by atoms with Gasteiger partial charge in [0.05, 0.1) is 27.1 Å². The highest BCUT2D eigenvalue weighted by Crippen LogP contribution is 2.35. The van der Waals surface area contributed by atoms with Gasteiger partial charge in [-0.15, -0.1) is 0 Å². The van der Waals surface area contributed by atoms with Gasteiger partial charge in [-0.05, 0) is 36.4 Å². The molecule has 1 aromatic rings. The summed E-state index contributed by atoms with van der Waals surface area (Å²) in [6.45, 7) is 0. The van der Waals surface area contributed by atoms with E-state index in [9.17, 15) is 4.21 Å². The monoisotopic (exact) mass is 301 g/mol. The van der Waals surface area contributed by atoms with Gasteiger partial charge in [0.1, 0.15) is 5.25 Å². The predicted molar refractivity (Wildman–Crippen MR) is 89.0 cm³/mol. The summed E-state index contributed by atoms with van der Waals surface area (Å²) < 4.78 is 12.9. The molecular formula is C16H19N3OS. The molecule has 0 aromatic heterocycles. The summed E-state index contributed by atoms with van der Waals surface area (Å²) in [5.41, 5.74) is 3.81. The predicted octanol–water partition coefficient (Wildman–Crippen LogP) is 2.33. The Bertz CT molecular complexity index is 701. The molecule has 1 aromatic carbocycles. The van der Waals surface area contributed by atoms with Crippen LogP contribution >= 0.6 is 0 Å². The van der Waals surface area contributed by atoms with Crippen molar-refractivity contribution in [3.8, 4) is 0 Å². The largest absolute Gasteiger partial charge is 0.378 e. The Labute approximate surface area is 127 Å². The molecule has 0 N–H and O–H groups in total. The van der Waals surface area contributed by atoms with Crippen LogP contribution in [-0.4, -0.2) is 48.3 Å². The third kappa shape index (κ3) is 2.42. The lowest BCUT2D eigenvalue weighted by molar-refractivity contribution is 0.527. The van der Waals surface area contributed by atoms with E-state index in [1.807, 2.05) is 74.4 Å². The van der Waals surface area contributed by atoms with Gasteiger partial charge in [-0.3, -0.25) is 9.20 Å². The second-order valence-corrected chi connectivity index (χ2v) is 7.16. The molecule has 2 aliphatic rings. The van der Waals surface area contributed by atoms with Crippen LogP contribution in [0.2, 0.25) is 0 Å². The minimum Gasteiger partial charge on any atom is -0.378 e. The minimum atomic E-state index is -1.11. The van der Waals surface area contributed by atoms with Crippen LogP contribution in [0.1, 0.15) is 0 Å². The van der Waals surface area contributed by atoms with Gasteiger partial charge < -0.3 is 9.80 Å². The van der Waals surface area contributed by atoms with Crippen LogP contribution in [0.3, 0.4) is 0 Å². The smallest absolute Gasteiger partial charge is 0.102 e. The van der Waals surface area contributed by atoms with Crippen LogP contribution in [0, 0.1) is 0 Å². The van der Waals surface area contributed by atoms with Crippen LogP contribution in [0.5, 0.6) is 0 Å². The number of fused-ring (bicyclic) bond motifs is 2. The van der Waals surface area contributed by atoms with Crippen molar-refractivity contribution in [2.45, 2.75) is 10.1 Å². The van der Waals surface area contributed by atoms with E-state index in [4.69, 9.17) is 0 Å². The average molecular weight is 301 g/mol. The summed E-state index contributed by atoms with van der Waals surface area (Å²) in [5, 5.41) is -0.155. The number of likely N-dealkylation sites (N-methyl/N-ethyl adjacent to an activating group) is 1. The van der Waals surface area contributed by atoms with Gasteiger partial charge in [0, 0.05) is 39.6 Å². The van der Waals surface area contributed by atoms with E-state index >= 15 is 0 Å². The summed E-state index contributed by atoms with van der Waals surface area (Å²) in [5.74, 6) is 0. The average Bonchev–Trinajstić information content (AvgIpc) is 2.46. The zero-order chi connectivity index (χ0) is 15.1. The van der Waals surface area contributed by atoms with Crippen molar-refractivity contribution in [2.75, 3.05) is 33.1 Å². The molecule has 1 aliphatic carbocycles. The van der Waals surface area contributed by atoms with Crippen molar-refractivity contribution in [3.05, 3.63) is 42.1 Å². The molecule has 0 spiro atoms. The van der Waals surface area contributed by atoms with Crippen LogP contribution < -0.4 is 4.90 Å². The molecule has 0 amide bonds. The molecule has 3 rings (SSSR count). The summed E-state index contributed by atoms with van der Waals surface area (Å²) in [7, 11) is 6.83. The molecule has 4 nitrogen and oxygen atoms in total. The molecule has 110 valence electrons. The zero-order valence-electron chi connectivity index (χ0n) is 12.7. The molecule has 1 aliphatic heterocycles. The number of anilines is 1.